The largest absolute Gasteiger partial charge is 0.444 e. The molecule has 6 heteroatoms. The molecule has 0 bridgehead atoms. The van der Waals surface area contributed by atoms with Gasteiger partial charge >= 0.3 is 6.09 Å². The van der Waals surface area contributed by atoms with E-state index in [1.807, 2.05) is 6.07 Å². The quantitative estimate of drug-likeness (QED) is 0.883. The highest BCUT2D eigenvalue weighted by atomic mass is 19.1. The number of aliphatic hydroxyl groups is 1. The summed E-state index contributed by atoms with van der Waals surface area (Å²) in [5.41, 5.74) is 0.450. The molecule has 0 heterocycles. The zero-order valence-corrected chi connectivity index (χ0v) is 12.1. The van der Waals surface area contributed by atoms with E-state index in [4.69, 9.17) is 9.84 Å². The van der Waals surface area contributed by atoms with Gasteiger partial charge in [0.05, 0.1) is 6.61 Å². The lowest BCUT2D eigenvalue weighted by atomic mass is 10.1. The molecule has 0 aromatic heterocycles. The number of hydrogen-bond donors (Lipinski definition) is 2. The van der Waals surface area contributed by atoms with Gasteiger partial charge in [-0.3, -0.25) is 5.32 Å². The molecule has 0 spiro atoms. The maximum atomic E-state index is 13.8. The number of nitrogens with one attached hydrogen (secondary N) is 1. The fourth-order valence-electron chi connectivity index (χ4n) is 1.86. The van der Waals surface area contributed by atoms with Crippen LogP contribution in [0.25, 0.3) is 6.08 Å². The van der Waals surface area contributed by atoms with Crippen LogP contribution in [0.15, 0.2) is 48.5 Å². The van der Waals surface area contributed by atoms with Crippen molar-refractivity contribution >= 4 is 17.9 Å². The third kappa shape index (κ3) is 4.89. The number of anilines is 1. The lowest BCUT2D eigenvalue weighted by Gasteiger charge is -2.09. The van der Waals surface area contributed by atoms with Crippen LogP contribution in [-0.2, 0) is 11.3 Å². The number of benzene rings is 2. The van der Waals surface area contributed by atoms with Crippen molar-refractivity contribution in [3.63, 3.8) is 0 Å². The highest BCUT2D eigenvalue weighted by molar-refractivity contribution is 5.84. The van der Waals surface area contributed by atoms with E-state index in [0.717, 1.165) is 23.8 Å². The second-order valence-corrected chi connectivity index (χ2v) is 4.63. The Morgan fingerprint density at radius 2 is 1.83 bits per heavy atom. The summed E-state index contributed by atoms with van der Waals surface area (Å²) in [6.07, 6.45) is 1.52. The highest BCUT2D eigenvalue weighted by Gasteiger charge is 2.11. The Bertz CT molecular complexity index is 679. The lowest BCUT2D eigenvalue weighted by Crippen LogP contribution is -2.14. The summed E-state index contributed by atoms with van der Waals surface area (Å²) in [4.78, 5) is 11.6. The molecule has 120 valence electrons. The number of ether oxygens (including phenoxy) is 1. The van der Waals surface area contributed by atoms with Gasteiger partial charge in [0, 0.05) is 11.3 Å². The molecule has 0 unspecified atom stereocenters. The molecular weight excluding hydrogens is 304 g/mol. The van der Waals surface area contributed by atoms with Crippen molar-refractivity contribution in [3.05, 3.63) is 71.3 Å². The van der Waals surface area contributed by atoms with Gasteiger partial charge in [0.25, 0.3) is 0 Å². The van der Waals surface area contributed by atoms with Gasteiger partial charge in [-0.15, -0.1) is 0 Å². The topological polar surface area (TPSA) is 58.6 Å². The minimum absolute atomic E-state index is 0.0506. The summed E-state index contributed by atoms with van der Waals surface area (Å²) in [5.74, 6) is -1.71. The molecule has 0 saturated heterocycles. The SMILES string of the molecule is O=C(Nc1cc(F)c(C=CCO)c(F)c1)OCc1ccccc1. The molecular formula is C17H15F2NO3. The predicted octanol–water partition coefficient (Wildman–Crippen LogP) is 3.72. The van der Waals surface area contributed by atoms with Crippen LogP contribution < -0.4 is 5.32 Å². The van der Waals surface area contributed by atoms with Crippen LogP contribution in [0.1, 0.15) is 11.1 Å². The Labute approximate surface area is 132 Å². The van der Waals surface area contributed by atoms with Crippen molar-refractivity contribution < 1.29 is 23.4 Å². The van der Waals surface area contributed by atoms with Crippen molar-refractivity contribution in [3.8, 4) is 0 Å². The Hall–Kier alpha value is -2.73. The number of amides is 1. The molecule has 2 aromatic carbocycles. The van der Waals surface area contributed by atoms with Gasteiger partial charge in [-0.1, -0.05) is 42.5 Å². The Balaban J connectivity index is 1.99. The monoisotopic (exact) mass is 319 g/mol. The number of rotatable bonds is 5. The summed E-state index contributed by atoms with van der Waals surface area (Å²) < 4.78 is 32.5. The first-order valence-electron chi connectivity index (χ1n) is 6.84. The lowest BCUT2D eigenvalue weighted by molar-refractivity contribution is 0.155. The van der Waals surface area contributed by atoms with Crippen LogP contribution in [0.5, 0.6) is 0 Å². The zero-order valence-electron chi connectivity index (χ0n) is 12.1. The maximum absolute atomic E-state index is 13.8. The Morgan fingerprint density at radius 3 is 2.43 bits per heavy atom. The first kappa shape index (κ1) is 16.6. The van der Waals surface area contributed by atoms with E-state index < -0.39 is 17.7 Å². The van der Waals surface area contributed by atoms with Gasteiger partial charge in [0.15, 0.2) is 0 Å². The second kappa shape index (κ2) is 8.05. The van der Waals surface area contributed by atoms with E-state index in [1.54, 1.807) is 24.3 Å². The minimum Gasteiger partial charge on any atom is -0.444 e. The molecule has 0 aliphatic carbocycles. The van der Waals surface area contributed by atoms with Crippen molar-refractivity contribution in [2.24, 2.45) is 0 Å². The highest BCUT2D eigenvalue weighted by Crippen LogP contribution is 2.20. The smallest absolute Gasteiger partial charge is 0.411 e. The molecule has 0 aliphatic rings. The molecule has 0 fully saturated rings. The van der Waals surface area contributed by atoms with Crippen molar-refractivity contribution in [2.75, 3.05) is 11.9 Å². The van der Waals surface area contributed by atoms with E-state index in [-0.39, 0.29) is 24.5 Å². The van der Waals surface area contributed by atoms with Gasteiger partial charge in [-0.2, -0.15) is 0 Å². The summed E-state index contributed by atoms with van der Waals surface area (Å²) >= 11 is 0. The first-order valence-corrected chi connectivity index (χ1v) is 6.84. The molecule has 0 saturated carbocycles. The molecule has 23 heavy (non-hydrogen) atoms. The predicted molar refractivity (Wildman–Crippen MR) is 82.7 cm³/mol. The van der Waals surface area contributed by atoms with Gasteiger partial charge in [-0.25, -0.2) is 13.6 Å². The molecule has 4 nitrogen and oxygen atoms in total. The molecule has 0 atom stereocenters. The molecule has 1 amide bonds. The van der Waals surface area contributed by atoms with Crippen molar-refractivity contribution in [2.45, 2.75) is 6.61 Å². The minimum atomic E-state index is -0.854. The van der Waals surface area contributed by atoms with Crippen molar-refractivity contribution in [1.29, 1.82) is 0 Å². The average Bonchev–Trinajstić information content (AvgIpc) is 2.53. The van der Waals surface area contributed by atoms with Crippen LogP contribution in [-0.4, -0.2) is 17.8 Å². The molecule has 0 aliphatic heterocycles. The second-order valence-electron chi connectivity index (χ2n) is 4.63. The van der Waals surface area contributed by atoms with Crippen LogP contribution in [0.4, 0.5) is 19.3 Å². The van der Waals surface area contributed by atoms with E-state index in [1.165, 1.54) is 6.08 Å². The summed E-state index contributed by atoms with van der Waals surface area (Å²) in [5, 5.41) is 10.9. The van der Waals surface area contributed by atoms with Crippen LogP contribution in [0.2, 0.25) is 0 Å². The van der Waals surface area contributed by atoms with Gasteiger partial charge in [0.2, 0.25) is 0 Å². The Kier molecular flexibility index (Phi) is 5.82. The van der Waals surface area contributed by atoms with Crippen molar-refractivity contribution in [1.82, 2.24) is 0 Å². The maximum Gasteiger partial charge on any atom is 0.411 e. The standard InChI is InChI=1S/C17H15F2NO3/c18-15-9-13(10-16(19)14(15)7-4-8-21)20-17(22)23-11-12-5-2-1-3-6-12/h1-7,9-10,21H,8,11H2,(H,20,22). The normalized spacial score (nSPS) is 10.7. The summed E-state index contributed by atoms with van der Waals surface area (Å²) in [6.45, 7) is -0.278. The van der Waals surface area contributed by atoms with Crippen LogP contribution >= 0.6 is 0 Å². The molecule has 2 aromatic rings. The van der Waals surface area contributed by atoms with Gasteiger partial charge in [0.1, 0.15) is 18.2 Å². The number of aliphatic hydroxyl groups excluding tert-OH is 1. The molecule has 2 rings (SSSR count). The third-order valence-electron chi connectivity index (χ3n) is 2.93. The molecule has 2 N–H and O–H groups in total. The summed E-state index contributed by atoms with van der Waals surface area (Å²) in [6, 6.07) is 11.0. The van der Waals surface area contributed by atoms with Crippen LogP contribution in [0.3, 0.4) is 0 Å². The Morgan fingerprint density at radius 1 is 1.17 bits per heavy atom. The number of hydrogen-bond acceptors (Lipinski definition) is 3. The number of halogens is 2. The van der Waals surface area contributed by atoms with Crippen LogP contribution in [0, 0.1) is 11.6 Å². The first-order chi connectivity index (χ1) is 11.1. The summed E-state index contributed by atoms with van der Waals surface area (Å²) in [7, 11) is 0. The van der Waals surface area contributed by atoms with E-state index in [9.17, 15) is 13.6 Å². The fourth-order valence-corrected chi connectivity index (χ4v) is 1.86. The third-order valence-corrected chi connectivity index (χ3v) is 2.93. The number of carbonyl (C=O) groups is 1. The fraction of sp³-hybridized carbons (Fsp3) is 0.118. The average molecular weight is 319 g/mol. The van der Waals surface area contributed by atoms with Gasteiger partial charge in [-0.05, 0) is 17.7 Å². The number of carbonyl (C=O) groups excluding carboxylic acids is 1. The molecule has 0 radical (unpaired) electrons. The van der Waals surface area contributed by atoms with E-state index in [0.29, 0.717) is 0 Å². The van der Waals surface area contributed by atoms with E-state index in [2.05, 4.69) is 5.32 Å². The zero-order chi connectivity index (χ0) is 16.7. The van der Waals surface area contributed by atoms with Gasteiger partial charge < -0.3 is 9.84 Å². The van der Waals surface area contributed by atoms with E-state index >= 15 is 0 Å².